The molecule has 17 heavy (non-hydrogen) atoms. The number of nitrogen functional groups attached to an aromatic ring is 1. The average molecular weight is 316 g/mol. The maximum atomic E-state index is 5.95. The molecule has 1 aliphatic carbocycles. The van der Waals surface area contributed by atoms with Crippen molar-refractivity contribution in [1.29, 1.82) is 0 Å². The van der Waals surface area contributed by atoms with Gasteiger partial charge in [-0.3, -0.25) is 0 Å². The third kappa shape index (κ3) is 3.13. The Morgan fingerprint density at radius 2 is 2.06 bits per heavy atom. The van der Waals surface area contributed by atoms with Crippen LogP contribution in [0, 0.1) is 0 Å². The summed E-state index contributed by atoms with van der Waals surface area (Å²) in [4.78, 5) is 9.04. The highest BCUT2D eigenvalue weighted by molar-refractivity contribution is 9.10. The van der Waals surface area contributed by atoms with Gasteiger partial charge < -0.3 is 5.73 Å². The molecule has 0 aromatic carbocycles. The lowest BCUT2D eigenvalue weighted by Crippen LogP contribution is -2.07. The molecule has 94 valence electrons. The Bertz CT molecular complexity index is 392. The van der Waals surface area contributed by atoms with Gasteiger partial charge in [0.2, 0.25) is 0 Å². The Morgan fingerprint density at radius 1 is 1.35 bits per heavy atom. The molecular formula is C12H18BrN3S. The first-order chi connectivity index (χ1) is 8.22. The predicted octanol–water partition coefficient (Wildman–Crippen LogP) is 3.73. The van der Waals surface area contributed by atoms with Crippen molar-refractivity contribution >= 4 is 33.5 Å². The smallest absolute Gasteiger partial charge is 0.141 e. The van der Waals surface area contributed by atoms with E-state index in [2.05, 4.69) is 27.8 Å². The molecular weight excluding hydrogens is 298 g/mol. The molecule has 3 nitrogen and oxygen atoms in total. The maximum absolute atomic E-state index is 5.95. The number of nitrogens with two attached hydrogens (primary N) is 1. The molecule has 0 amide bonds. The van der Waals surface area contributed by atoms with Crippen molar-refractivity contribution in [2.75, 3.05) is 11.5 Å². The fourth-order valence-corrected chi connectivity index (χ4v) is 3.28. The molecule has 2 N–H and O–H groups in total. The second-order valence-corrected chi connectivity index (χ2v) is 6.41. The van der Waals surface area contributed by atoms with Gasteiger partial charge in [0.25, 0.3) is 0 Å². The van der Waals surface area contributed by atoms with Crippen LogP contribution in [0.2, 0.25) is 0 Å². The molecule has 1 aromatic rings. The van der Waals surface area contributed by atoms with Gasteiger partial charge in [0.05, 0.1) is 15.9 Å². The lowest BCUT2D eigenvalue weighted by molar-refractivity contribution is 0.684. The quantitative estimate of drug-likeness (QED) is 0.919. The number of hydrogen-bond acceptors (Lipinski definition) is 4. The molecule has 0 atom stereocenters. The highest BCUT2D eigenvalue weighted by atomic mass is 79.9. The van der Waals surface area contributed by atoms with Crippen LogP contribution in [0.5, 0.6) is 0 Å². The Morgan fingerprint density at radius 3 is 2.71 bits per heavy atom. The zero-order valence-corrected chi connectivity index (χ0v) is 12.5. The summed E-state index contributed by atoms with van der Waals surface area (Å²) in [5, 5.41) is 0. The van der Waals surface area contributed by atoms with E-state index >= 15 is 0 Å². The van der Waals surface area contributed by atoms with Crippen molar-refractivity contribution < 1.29 is 0 Å². The molecule has 5 heteroatoms. The van der Waals surface area contributed by atoms with Crippen LogP contribution in [0.15, 0.2) is 4.47 Å². The van der Waals surface area contributed by atoms with E-state index in [1.54, 1.807) is 0 Å². The van der Waals surface area contributed by atoms with Crippen LogP contribution in [0.1, 0.15) is 50.0 Å². The fourth-order valence-electron chi connectivity index (χ4n) is 2.26. The van der Waals surface area contributed by atoms with Crippen molar-refractivity contribution in [1.82, 2.24) is 9.97 Å². The highest BCUT2D eigenvalue weighted by Crippen LogP contribution is 2.38. The average Bonchev–Trinajstić information content (AvgIpc) is 2.84. The zero-order valence-electron chi connectivity index (χ0n) is 10.1. The number of rotatable bonds is 4. The Balaban J connectivity index is 2.25. The normalized spacial score (nSPS) is 16.6. The minimum absolute atomic E-state index is 0.569. The molecule has 0 saturated heterocycles. The standard InChI is InChI=1S/C12H18BrN3S/c1-2-17-7-9-15-11(8-5-3-4-6-8)10(13)12(14)16-9/h8H,2-7H2,1H3,(H2,14,15,16). The molecule has 1 aliphatic rings. The van der Waals surface area contributed by atoms with Gasteiger partial charge >= 0.3 is 0 Å². The van der Waals surface area contributed by atoms with E-state index in [9.17, 15) is 0 Å². The Kier molecular flexibility index (Phi) is 4.68. The van der Waals surface area contributed by atoms with E-state index in [1.165, 1.54) is 25.7 Å². The third-order valence-corrected chi connectivity index (χ3v) is 4.81. The van der Waals surface area contributed by atoms with E-state index in [-0.39, 0.29) is 0 Å². The van der Waals surface area contributed by atoms with Gasteiger partial charge in [0, 0.05) is 5.92 Å². The molecule has 2 rings (SSSR count). The second kappa shape index (κ2) is 6.05. The van der Waals surface area contributed by atoms with Crippen LogP contribution in [0.3, 0.4) is 0 Å². The van der Waals surface area contributed by atoms with Gasteiger partial charge in [-0.2, -0.15) is 11.8 Å². The summed E-state index contributed by atoms with van der Waals surface area (Å²) in [5.74, 6) is 3.97. The summed E-state index contributed by atoms with van der Waals surface area (Å²) in [6, 6.07) is 0. The van der Waals surface area contributed by atoms with E-state index in [0.717, 1.165) is 27.5 Å². The highest BCUT2D eigenvalue weighted by Gasteiger charge is 2.23. The molecule has 0 radical (unpaired) electrons. The van der Waals surface area contributed by atoms with Gasteiger partial charge in [-0.05, 0) is 34.5 Å². The molecule has 0 aliphatic heterocycles. The molecule has 0 unspecified atom stereocenters. The van der Waals surface area contributed by atoms with Crippen LogP contribution in [0.4, 0.5) is 5.82 Å². The van der Waals surface area contributed by atoms with Crippen molar-refractivity contribution in [3.8, 4) is 0 Å². The molecule has 1 fully saturated rings. The fraction of sp³-hybridized carbons (Fsp3) is 0.667. The van der Waals surface area contributed by atoms with Crippen LogP contribution in [-0.2, 0) is 5.75 Å². The minimum Gasteiger partial charge on any atom is -0.383 e. The van der Waals surface area contributed by atoms with Gasteiger partial charge in [0.1, 0.15) is 11.6 Å². The Labute approximate surface area is 115 Å². The van der Waals surface area contributed by atoms with Crippen molar-refractivity contribution in [3.63, 3.8) is 0 Å². The zero-order chi connectivity index (χ0) is 12.3. The number of nitrogens with zero attached hydrogens (tertiary/aromatic N) is 2. The first-order valence-electron chi connectivity index (χ1n) is 6.12. The summed E-state index contributed by atoms with van der Waals surface area (Å²) in [5.41, 5.74) is 7.08. The topological polar surface area (TPSA) is 51.8 Å². The number of anilines is 1. The SMILES string of the molecule is CCSCc1nc(N)c(Br)c(C2CCCC2)n1. The minimum atomic E-state index is 0.569. The van der Waals surface area contributed by atoms with Crippen molar-refractivity contribution in [2.24, 2.45) is 0 Å². The molecule has 1 saturated carbocycles. The number of halogens is 1. The molecule has 0 bridgehead atoms. The Hall–Kier alpha value is -0.290. The number of thioether (sulfide) groups is 1. The lowest BCUT2D eigenvalue weighted by Gasteiger charge is -2.13. The van der Waals surface area contributed by atoms with Gasteiger partial charge in [-0.1, -0.05) is 19.8 Å². The third-order valence-electron chi connectivity index (χ3n) is 3.13. The van der Waals surface area contributed by atoms with E-state index in [1.807, 2.05) is 11.8 Å². The van der Waals surface area contributed by atoms with E-state index in [4.69, 9.17) is 10.7 Å². The lowest BCUT2D eigenvalue weighted by atomic mass is 10.0. The van der Waals surface area contributed by atoms with E-state index < -0.39 is 0 Å². The van der Waals surface area contributed by atoms with Crippen LogP contribution >= 0.6 is 27.7 Å². The van der Waals surface area contributed by atoms with Crippen LogP contribution < -0.4 is 5.73 Å². The first kappa shape index (κ1) is 13.1. The first-order valence-corrected chi connectivity index (χ1v) is 8.06. The second-order valence-electron chi connectivity index (χ2n) is 4.34. The van der Waals surface area contributed by atoms with Gasteiger partial charge in [0.15, 0.2) is 0 Å². The maximum Gasteiger partial charge on any atom is 0.141 e. The summed E-state index contributed by atoms with van der Waals surface area (Å²) in [7, 11) is 0. The largest absolute Gasteiger partial charge is 0.383 e. The van der Waals surface area contributed by atoms with Crippen molar-refractivity contribution in [2.45, 2.75) is 44.3 Å². The monoisotopic (exact) mass is 315 g/mol. The summed E-state index contributed by atoms with van der Waals surface area (Å²) in [6.07, 6.45) is 5.07. The van der Waals surface area contributed by atoms with Crippen LogP contribution in [-0.4, -0.2) is 15.7 Å². The molecule has 1 aromatic heterocycles. The van der Waals surface area contributed by atoms with Crippen molar-refractivity contribution in [3.05, 3.63) is 16.0 Å². The predicted molar refractivity (Wildman–Crippen MR) is 77.2 cm³/mol. The van der Waals surface area contributed by atoms with Gasteiger partial charge in [-0.15, -0.1) is 0 Å². The summed E-state index contributed by atoms with van der Waals surface area (Å²) >= 11 is 5.37. The molecule has 0 spiro atoms. The van der Waals surface area contributed by atoms with Gasteiger partial charge in [-0.25, -0.2) is 9.97 Å². The molecule has 1 heterocycles. The van der Waals surface area contributed by atoms with E-state index in [0.29, 0.717) is 11.7 Å². The van der Waals surface area contributed by atoms with Crippen LogP contribution in [0.25, 0.3) is 0 Å². The number of aromatic nitrogens is 2. The summed E-state index contributed by atoms with van der Waals surface area (Å²) in [6.45, 7) is 2.14. The number of hydrogen-bond donors (Lipinski definition) is 1. The summed E-state index contributed by atoms with van der Waals surface area (Å²) < 4.78 is 0.912.